The summed E-state index contributed by atoms with van der Waals surface area (Å²) in [7, 11) is 0. The number of carbonyl (C=O) groups is 1. The number of benzene rings is 2. The van der Waals surface area contributed by atoms with E-state index in [0.717, 1.165) is 22.5 Å². The molecule has 0 spiro atoms. The lowest BCUT2D eigenvalue weighted by Gasteiger charge is -2.06. The van der Waals surface area contributed by atoms with Crippen molar-refractivity contribution in [2.45, 2.75) is 12.1 Å². The van der Waals surface area contributed by atoms with Crippen molar-refractivity contribution in [1.29, 1.82) is 0 Å². The maximum atomic E-state index is 12.4. The number of aromatic nitrogens is 5. The minimum atomic E-state index is -0.175. The smallest absolute Gasteiger partial charge is 0.236 e. The first-order valence-electron chi connectivity index (χ1n) is 8.58. The van der Waals surface area contributed by atoms with E-state index in [1.807, 2.05) is 60.8 Å². The molecule has 4 aromatic rings. The van der Waals surface area contributed by atoms with Gasteiger partial charge in [0.25, 0.3) is 0 Å². The van der Waals surface area contributed by atoms with E-state index in [9.17, 15) is 4.79 Å². The quantitative estimate of drug-likeness (QED) is 0.443. The summed E-state index contributed by atoms with van der Waals surface area (Å²) < 4.78 is 1.63. The molecule has 1 N–H and O–H groups in total. The third kappa shape index (κ3) is 4.64. The van der Waals surface area contributed by atoms with Crippen LogP contribution in [0.4, 0.5) is 5.13 Å². The Kier molecular flexibility index (Phi) is 5.89. The molecule has 1 amide bonds. The number of tetrazole rings is 1. The fourth-order valence-corrected chi connectivity index (χ4v) is 4.14. The van der Waals surface area contributed by atoms with E-state index in [0.29, 0.717) is 15.3 Å². The van der Waals surface area contributed by atoms with Crippen LogP contribution in [0.2, 0.25) is 5.02 Å². The van der Waals surface area contributed by atoms with Crippen molar-refractivity contribution in [3.05, 3.63) is 64.5 Å². The first-order chi connectivity index (χ1) is 14.1. The van der Waals surface area contributed by atoms with E-state index in [-0.39, 0.29) is 11.7 Å². The molecule has 29 heavy (non-hydrogen) atoms. The van der Waals surface area contributed by atoms with Crippen LogP contribution in [0, 0.1) is 6.92 Å². The van der Waals surface area contributed by atoms with Gasteiger partial charge in [-0.2, -0.15) is 4.68 Å². The van der Waals surface area contributed by atoms with E-state index in [1.165, 1.54) is 23.1 Å². The molecule has 7 nitrogen and oxygen atoms in total. The van der Waals surface area contributed by atoms with Crippen LogP contribution in [-0.2, 0) is 4.79 Å². The van der Waals surface area contributed by atoms with E-state index in [4.69, 9.17) is 11.6 Å². The molecule has 0 saturated heterocycles. The van der Waals surface area contributed by atoms with Crippen LogP contribution < -0.4 is 5.32 Å². The van der Waals surface area contributed by atoms with Crippen LogP contribution in [0.5, 0.6) is 0 Å². The number of anilines is 1. The van der Waals surface area contributed by atoms with Gasteiger partial charge in [-0.25, -0.2) is 4.98 Å². The first kappa shape index (κ1) is 19.6. The molecule has 10 heteroatoms. The van der Waals surface area contributed by atoms with Gasteiger partial charge in [-0.3, -0.25) is 4.79 Å². The highest BCUT2D eigenvalue weighted by molar-refractivity contribution is 7.99. The third-order valence-electron chi connectivity index (χ3n) is 4.01. The number of thiazole rings is 1. The fourth-order valence-electron chi connectivity index (χ4n) is 2.59. The van der Waals surface area contributed by atoms with Crippen LogP contribution in [0.1, 0.15) is 5.56 Å². The lowest BCUT2D eigenvalue weighted by Crippen LogP contribution is -2.14. The molecular weight excluding hydrogens is 428 g/mol. The van der Waals surface area contributed by atoms with Crippen molar-refractivity contribution in [2.24, 2.45) is 0 Å². The van der Waals surface area contributed by atoms with Crippen molar-refractivity contribution >= 4 is 45.7 Å². The summed E-state index contributed by atoms with van der Waals surface area (Å²) in [5, 5.41) is 18.3. The van der Waals surface area contributed by atoms with Crippen LogP contribution >= 0.6 is 34.7 Å². The Bertz CT molecular complexity index is 1140. The summed E-state index contributed by atoms with van der Waals surface area (Å²) in [5.74, 6) is -0.00592. The summed E-state index contributed by atoms with van der Waals surface area (Å²) in [6.07, 6.45) is 0. The minimum Gasteiger partial charge on any atom is -0.301 e. The van der Waals surface area contributed by atoms with Gasteiger partial charge in [0.1, 0.15) is 0 Å². The molecule has 0 aliphatic rings. The van der Waals surface area contributed by atoms with Crippen molar-refractivity contribution in [3.8, 4) is 16.9 Å². The standard InChI is InChI=1S/C19H15ClN6OS2/c1-12-4-2-3-5-16(12)26-19(23-24-25-26)29-11-17(27)22-18-21-15(10-28-18)13-6-8-14(20)9-7-13/h2-10H,11H2,1H3,(H,21,22,27). The zero-order chi connectivity index (χ0) is 20.2. The van der Waals surface area contributed by atoms with Crippen LogP contribution in [-0.4, -0.2) is 36.9 Å². The molecule has 0 fully saturated rings. The molecule has 0 aliphatic carbocycles. The predicted molar refractivity (Wildman–Crippen MR) is 116 cm³/mol. The van der Waals surface area contributed by atoms with E-state index in [2.05, 4.69) is 25.8 Å². The Labute approximate surface area is 180 Å². The highest BCUT2D eigenvalue weighted by atomic mass is 35.5. The number of hydrogen-bond donors (Lipinski definition) is 1. The number of aryl methyl sites for hydroxylation is 1. The second-order valence-corrected chi connectivity index (χ2v) is 8.28. The Hall–Kier alpha value is -2.75. The number of nitrogens with zero attached hydrogens (tertiary/aromatic N) is 5. The van der Waals surface area contributed by atoms with Gasteiger partial charge in [-0.15, -0.1) is 16.4 Å². The van der Waals surface area contributed by atoms with E-state index >= 15 is 0 Å². The summed E-state index contributed by atoms with van der Waals surface area (Å²) in [6, 6.07) is 15.2. The molecule has 0 bridgehead atoms. The van der Waals surface area contributed by atoms with Crippen molar-refractivity contribution in [2.75, 3.05) is 11.1 Å². The van der Waals surface area contributed by atoms with Crippen molar-refractivity contribution in [3.63, 3.8) is 0 Å². The number of amides is 1. The van der Waals surface area contributed by atoms with Crippen LogP contribution in [0.25, 0.3) is 16.9 Å². The van der Waals surface area contributed by atoms with Gasteiger partial charge in [-0.1, -0.05) is 53.7 Å². The minimum absolute atomic E-state index is 0.169. The average molecular weight is 443 g/mol. The Morgan fingerprint density at radius 1 is 1.21 bits per heavy atom. The van der Waals surface area contributed by atoms with Crippen LogP contribution in [0.3, 0.4) is 0 Å². The molecule has 146 valence electrons. The molecule has 2 aromatic carbocycles. The maximum absolute atomic E-state index is 12.4. The SMILES string of the molecule is Cc1ccccc1-n1nnnc1SCC(=O)Nc1nc(-c2ccc(Cl)cc2)cs1. The molecule has 2 aromatic heterocycles. The number of halogens is 1. The first-order valence-corrected chi connectivity index (χ1v) is 10.8. The number of thioether (sulfide) groups is 1. The van der Waals surface area contributed by atoms with Gasteiger partial charge < -0.3 is 5.32 Å². The lowest BCUT2D eigenvalue weighted by atomic mass is 10.2. The van der Waals surface area contributed by atoms with Crippen LogP contribution in [0.15, 0.2) is 59.1 Å². The van der Waals surface area contributed by atoms with Gasteiger partial charge >= 0.3 is 0 Å². The van der Waals surface area contributed by atoms with Crippen molar-refractivity contribution < 1.29 is 4.79 Å². The largest absolute Gasteiger partial charge is 0.301 e. The highest BCUT2D eigenvalue weighted by Crippen LogP contribution is 2.26. The highest BCUT2D eigenvalue weighted by Gasteiger charge is 2.14. The molecule has 0 aliphatic heterocycles. The number of carbonyl (C=O) groups excluding carboxylic acids is 1. The number of rotatable bonds is 6. The molecule has 0 atom stereocenters. The summed E-state index contributed by atoms with van der Waals surface area (Å²) in [4.78, 5) is 16.8. The van der Waals surface area contributed by atoms with E-state index in [1.54, 1.807) is 4.68 Å². The number of hydrogen-bond acceptors (Lipinski definition) is 7. The van der Waals surface area contributed by atoms with Gasteiger partial charge in [-0.05, 0) is 41.1 Å². The zero-order valence-electron chi connectivity index (χ0n) is 15.2. The normalized spacial score (nSPS) is 10.8. The topological polar surface area (TPSA) is 85.6 Å². The summed E-state index contributed by atoms with van der Waals surface area (Å²) >= 11 is 8.55. The lowest BCUT2D eigenvalue weighted by molar-refractivity contribution is -0.113. The van der Waals surface area contributed by atoms with Gasteiger partial charge in [0.05, 0.1) is 17.1 Å². The van der Waals surface area contributed by atoms with Gasteiger partial charge in [0.2, 0.25) is 11.1 Å². The third-order valence-corrected chi connectivity index (χ3v) is 5.94. The number of nitrogens with one attached hydrogen (secondary N) is 1. The van der Waals surface area contributed by atoms with Gasteiger partial charge in [0, 0.05) is 16.0 Å². The van der Waals surface area contributed by atoms with E-state index < -0.39 is 0 Å². The molecule has 2 heterocycles. The molecule has 0 radical (unpaired) electrons. The fraction of sp³-hybridized carbons (Fsp3) is 0.105. The second kappa shape index (κ2) is 8.73. The Morgan fingerprint density at radius 2 is 2.00 bits per heavy atom. The Morgan fingerprint density at radius 3 is 2.79 bits per heavy atom. The predicted octanol–water partition coefficient (Wildman–Crippen LogP) is 4.48. The molecular formula is C19H15ClN6OS2. The molecule has 0 unspecified atom stereocenters. The summed E-state index contributed by atoms with van der Waals surface area (Å²) in [6.45, 7) is 1.99. The monoisotopic (exact) mass is 442 g/mol. The summed E-state index contributed by atoms with van der Waals surface area (Å²) in [5.41, 5.74) is 3.66. The maximum Gasteiger partial charge on any atom is 0.236 e. The van der Waals surface area contributed by atoms with Crippen molar-refractivity contribution in [1.82, 2.24) is 25.2 Å². The second-order valence-electron chi connectivity index (χ2n) is 6.04. The molecule has 0 saturated carbocycles. The number of para-hydroxylation sites is 1. The zero-order valence-corrected chi connectivity index (χ0v) is 17.6. The van der Waals surface area contributed by atoms with Gasteiger partial charge in [0.15, 0.2) is 5.13 Å². The Balaban J connectivity index is 1.39. The average Bonchev–Trinajstić information content (AvgIpc) is 3.37. The molecule has 4 rings (SSSR count).